The lowest BCUT2D eigenvalue weighted by Gasteiger charge is -2.50. The topological polar surface area (TPSA) is 89.3 Å². The largest absolute Gasteiger partial charge is 0.461 e. The summed E-state index contributed by atoms with van der Waals surface area (Å²) in [7, 11) is 0. The minimum absolute atomic E-state index is 0.201. The van der Waals surface area contributed by atoms with E-state index in [0.29, 0.717) is 18.6 Å². The summed E-state index contributed by atoms with van der Waals surface area (Å²) in [6.07, 6.45) is -0.648. The molecule has 1 unspecified atom stereocenters. The third-order valence-corrected chi connectivity index (χ3v) is 6.86. The van der Waals surface area contributed by atoms with Gasteiger partial charge in [-0.15, -0.1) is 0 Å². The number of hydrogen-bond acceptors (Lipinski definition) is 6. The molecule has 6 heteroatoms. The fourth-order valence-corrected chi connectivity index (χ4v) is 5.76. The van der Waals surface area contributed by atoms with Gasteiger partial charge in [0.1, 0.15) is 23.4 Å². The third-order valence-electron chi connectivity index (χ3n) is 6.86. The zero-order valence-electron chi connectivity index (χ0n) is 13.9. The van der Waals surface area contributed by atoms with Crippen LogP contribution in [-0.2, 0) is 32.5 Å². The Bertz CT molecular complexity index is 827. The fraction of sp³-hybridized carbons (Fsp3) is 0.667. The molecule has 1 saturated carbocycles. The van der Waals surface area contributed by atoms with Crippen LogP contribution in [0.3, 0.4) is 0 Å². The maximum atomic E-state index is 12.6. The number of ether oxygens (including phenoxy) is 2. The van der Waals surface area contributed by atoms with Crippen LogP contribution in [0.1, 0.15) is 37.7 Å². The Morgan fingerprint density at radius 3 is 2.75 bits per heavy atom. The predicted molar refractivity (Wildman–Crippen MR) is 81.6 cm³/mol. The van der Waals surface area contributed by atoms with Gasteiger partial charge in [-0.3, -0.25) is 4.79 Å². The number of esters is 1. The van der Waals surface area contributed by atoms with Crippen molar-refractivity contribution in [3.8, 4) is 0 Å². The molecule has 2 aliphatic heterocycles. The van der Waals surface area contributed by atoms with Gasteiger partial charge in [0.05, 0.1) is 12.2 Å². The van der Waals surface area contributed by atoms with Crippen LogP contribution in [0.2, 0.25) is 0 Å². The summed E-state index contributed by atoms with van der Waals surface area (Å²) in [6.45, 7) is 5.76. The van der Waals surface area contributed by atoms with E-state index in [0.717, 1.165) is 11.1 Å². The summed E-state index contributed by atoms with van der Waals surface area (Å²) in [4.78, 5) is 24.7. The SMILES string of the molecule is CCc1oc(=O)cc2c1C[C@H]1OC(=O)[C@@]3(C)[C@@H](O)[C@@H]4OC4[C@@]2(C)[C@@H]13. The zero-order valence-corrected chi connectivity index (χ0v) is 13.9. The second-order valence-electron chi connectivity index (χ2n) is 7.89. The first-order valence-electron chi connectivity index (χ1n) is 8.54. The number of carbonyl (C=O) groups is 1. The molecular formula is C18H20O6. The molecule has 128 valence electrons. The highest BCUT2D eigenvalue weighted by Gasteiger charge is 2.78. The molecule has 24 heavy (non-hydrogen) atoms. The van der Waals surface area contributed by atoms with Crippen molar-refractivity contribution in [2.75, 3.05) is 0 Å². The number of fused-ring (bicyclic) bond motifs is 4. The third kappa shape index (κ3) is 1.38. The number of rotatable bonds is 1. The molecule has 2 aliphatic carbocycles. The van der Waals surface area contributed by atoms with Gasteiger partial charge in [-0.05, 0) is 18.1 Å². The summed E-state index contributed by atoms with van der Waals surface area (Å²) < 4.78 is 16.9. The average Bonchev–Trinajstić information content (AvgIpc) is 3.29. The predicted octanol–water partition coefficient (Wildman–Crippen LogP) is 0.706. The molecule has 4 aliphatic rings. The zero-order chi connectivity index (χ0) is 17.0. The van der Waals surface area contributed by atoms with Crippen LogP contribution in [0.25, 0.3) is 0 Å². The van der Waals surface area contributed by atoms with Crippen molar-refractivity contribution in [1.29, 1.82) is 0 Å². The van der Waals surface area contributed by atoms with Gasteiger partial charge in [-0.2, -0.15) is 0 Å². The first kappa shape index (κ1) is 14.7. The summed E-state index contributed by atoms with van der Waals surface area (Å²) in [5.74, 6) is 0.0794. The molecule has 7 atom stereocenters. The second-order valence-corrected chi connectivity index (χ2v) is 7.89. The lowest BCUT2D eigenvalue weighted by molar-refractivity contribution is -0.154. The van der Waals surface area contributed by atoms with E-state index in [1.807, 2.05) is 13.8 Å². The fourth-order valence-electron chi connectivity index (χ4n) is 5.76. The molecule has 0 bridgehead atoms. The molecule has 5 rings (SSSR count). The number of hydrogen-bond donors (Lipinski definition) is 1. The Morgan fingerprint density at radius 1 is 1.29 bits per heavy atom. The monoisotopic (exact) mass is 332 g/mol. The van der Waals surface area contributed by atoms with E-state index in [-0.39, 0.29) is 35.8 Å². The number of epoxide rings is 1. The smallest absolute Gasteiger partial charge is 0.336 e. The summed E-state index contributed by atoms with van der Waals surface area (Å²) in [5, 5.41) is 10.7. The molecular weight excluding hydrogens is 312 g/mol. The molecule has 6 nitrogen and oxygen atoms in total. The molecule has 3 heterocycles. The van der Waals surface area contributed by atoms with Crippen molar-refractivity contribution in [1.82, 2.24) is 0 Å². The van der Waals surface area contributed by atoms with Crippen LogP contribution < -0.4 is 5.63 Å². The van der Waals surface area contributed by atoms with Gasteiger partial charge in [0, 0.05) is 30.2 Å². The van der Waals surface area contributed by atoms with Gasteiger partial charge in [0.2, 0.25) is 0 Å². The Kier molecular flexibility index (Phi) is 2.51. The first-order valence-corrected chi connectivity index (χ1v) is 8.54. The highest BCUT2D eigenvalue weighted by Crippen LogP contribution is 2.66. The van der Waals surface area contributed by atoms with E-state index in [4.69, 9.17) is 13.9 Å². The number of aryl methyl sites for hydroxylation is 1. The van der Waals surface area contributed by atoms with Crippen LogP contribution in [0, 0.1) is 11.3 Å². The Labute approximate surface area is 138 Å². The van der Waals surface area contributed by atoms with Gasteiger partial charge in [0.25, 0.3) is 0 Å². The molecule has 0 radical (unpaired) electrons. The van der Waals surface area contributed by atoms with Crippen LogP contribution in [0.15, 0.2) is 15.3 Å². The standard InChI is InChI=1S/C18H20O6/c1-4-9-7-5-10-13-17(2,8(7)6-11(19)22-9)15-12(24-15)14(20)18(13,3)16(21)23-10/h6,10,12-15,20H,4-5H2,1-3H3/t10-,12+,13-,14+,15?,17-,18-/m1/s1. The molecule has 3 fully saturated rings. The number of carbonyl (C=O) groups excluding carboxylic acids is 1. The maximum absolute atomic E-state index is 12.6. The van der Waals surface area contributed by atoms with Gasteiger partial charge in [-0.1, -0.05) is 13.8 Å². The van der Waals surface area contributed by atoms with Crippen molar-refractivity contribution in [3.63, 3.8) is 0 Å². The van der Waals surface area contributed by atoms with Crippen LogP contribution in [-0.4, -0.2) is 35.5 Å². The summed E-state index contributed by atoms with van der Waals surface area (Å²) >= 11 is 0. The first-order chi connectivity index (χ1) is 11.3. The Hall–Kier alpha value is -1.66. The van der Waals surface area contributed by atoms with Gasteiger partial charge >= 0.3 is 11.6 Å². The quantitative estimate of drug-likeness (QED) is 0.602. The molecule has 0 spiro atoms. The molecule has 1 aromatic rings. The van der Waals surface area contributed by atoms with Crippen molar-refractivity contribution < 1.29 is 23.8 Å². The molecule has 0 amide bonds. The summed E-state index contributed by atoms with van der Waals surface area (Å²) in [5.41, 5.74) is -0.0510. The van der Waals surface area contributed by atoms with Crippen molar-refractivity contribution in [3.05, 3.63) is 33.4 Å². The Morgan fingerprint density at radius 2 is 2.04 bits per heavy atom. The molecule has 0 aromatic carbocycles. The normalized spacial score (nSPS) is 47.5. The van der Waals surface area contributed by atoms with Crippen molar-refractivity contribution in [2.24, 2.45) is 11.3 Å². The minimum Gasteiger partial charge on any atom is -0.461 e. The molecule has 2 saturated heterocycles. The van der Waals surface area contributed by atoms with E-state index in [2.05, 4.69) is 0 Å². The average molecular weight is 332 g/mol. The van der Waals surface area contributed by atoms with Crippen LogP contribution >= 0.6 is 0 Å². The van der Waals surface area contributed by atoms with E-state index in [1.165, 1.54) is 0 Å². The van der Waals surface area contributed by atoms with Crippen molar-refractivity contribution >= 4 is 5.97 Å². The molecule has 1 N–H and O–H groups in total. The van der Waals surface area contributed by atoms with Crippen LogP contribution in [0.5, 0.6) is 0 Å². The van der Waals surface area contributed by atoms with E-state index in [9.17, 15) is 14.7 Å². The number of aliphatic hydroxyl groups excluding tert-OH is 1. The lowest BCUT2D eigenvalue weighted by Crippen LogP contribution is -2.62. The highest BCUT2D eigenvalue weighted by molar-refractivity contribution is 5.82. The van der Waals surface area contributed by atoms with Crippen LogP contribution in [0.4, 0.5) is 0 Å². The summed E-state index contributed by atoms with van der Waals surface area (Å²) in [6, 6.07) is 1.55. The van der Waals surface area contributed by atoms with Gasteiger partial charge < -0.3 is 19.0 Å². The van der Waals surface area contributed by atoms with Crippen molar-refractivity contribution in [2.45, 2.75) is 63.4 Å². The number of aliphatic hydroxyl groups is 1. The highest BCUT2D eigenvalue weighted by atomic mass is 16.6. The minimum atomic E-state index is -1.00. The van der Waals surface area contributed by atoms with E-state index < -0.39 is 16.9 Å². The lowest BCUT2D eigenvalue weighted by atomic mass is 9.49. The molecule has 1 aromatic heterocycles. The van der Waals surface area contributed by atoms with E-state index in [1.54, 1.807) is 13.0 Å². The maximum Gasteiger partial charge on any atom is 0.336 e. The van der Waals surface area contributed by atoms with Gasteiger partial charge in [0.15, 0.2) is 0 Å². The Balaban J connectivity index is 1.81. The van der Waals surface area contributed by atoms with Gasteiger partial charge in [-0.25, -0.2) is 4.79 Å². The van der Waals surface area contributed by atoms with E-state index >= 15 is 0 Å². The second kappa shape index (κ2) is 4.11.